The number of benzene rings is 9. The second kappa shape index (κ2) is 23.8. The fourth-order valence-electron chi connectivity index (χ4n) is 13.0. The molecule has 0 unspecified atom stereocenters. The largest absolute Gasteiger partial charge is 0.509 e. The summed E-state index contributed by atoms with van der Waals surface area (Å²) in [7, 11) is 0. The molecule has 89 heavy (non-hydrogen) atoms. The first-order valence-electron chi connectivity index (χ1n) is 31.6. The Kier molecular flexibility index (Phi) is 16.7. The van der Waals surface area contributed by atoms with Gasteiger partial charge in [-0.2, -0.15) is 6.07 Å². The van der Waals surface area contributed by atoms with Crippen molar-refractivity contribution >= 4 is 44.6 Å². The van der Waals surface area contributed by atoms with Crippen LogP contribution < -0.4 is 14.5 Å². The van der Waals surface area contributed by atoms with Gasteiger partial charge in [0.1, 0.15) is 5.82 Å². The van der Waals surface area contributed by atoms with E-state index in [4.69, 9.17) is 9.72 Å². The molecule has 0 aliphatic carbocycles. The first kappa shape index (κ1) is 62.6. The number of fused-ring (bicyclic) bond motifs is 4. The monoisotopic (exact) mass is 1350 g/mol. The number of ether oxygens (including phenoxy) is 1. The average Bonchev–Trinajstić information content (AvgIpc) is 1.65. The van der Waals surface area contributed by atoms with E-state index in [0.29, 0.717) is 23.3 Å². The Balaban J connectivity index is 0.00000817. The Hall–Kier alpha value is -7.98. The number of rotatable bonds is 14. The zero-order chi connectivity index (χ0) is 62.2. The quantitative estimate of drug-likeness (QED) is 0.102. The summed E-state index contributed by atoms with van der Waals surface area (Å²) >= 11 is 0. The van der Waals surface area contributed by atoms with Crippen LogP contribution in [0.15, 0.2) is 206 Å². The average molecular weight is 1350 g/mol. The van der Waals surface area contributed by atoms with Crippen LogP contribution in [0.1, 0.15) is 178 Å². The fourth-order valence-corrected chi connectivity index (χ4v) is 13.0. The van der Waals surface area contributed by atoms with Crippen molar-refractivity contribution < 1.29 is 25.8 Å². The van der Waals surface area contributed by atoms with Crippen LogP contribution in [0, 0.1) is 18.8 Å². The number of nitrogens with zero attached hydrogens (tertiary/aromatic N) is 4. The third-order valence-corrected chi connectivity index (χ3v) is 18.9. The summed E-state index contributed by atoms with van der Waals surface area (Å²) < 4.78 is 9.53. The van der Waals surface area contributed by atoms with Gasteiger partial charge in [0.05, 0.1) is 0 Å². The fraction of sp³-hybridized carbons (Fsp3) is 0.277. The second-order valence-electron chi connectivity index (χ2n) is 28.7. The Bertz CT molecular complexity index is 4290. The summed E-state index contributed by atoms with van der Waals surface area (Å²) in [5, 5.41) is 2.24. The van der Waals surface area contributed by atoms with E-state index in [9.17, 15) is 0 Å². The summed E-state index contributed by atoms with van der Waals surface area (Å²) in [5.41, 5.74) is 19.8. The van der Waals surface area contributed by atoms with Gasteiger partial charge in [-0.15, -0.1) is 53.6 Å². The molecular weight excluding hydrogens is 1260 g/mol. The van der Waals surface area contributed by atoms with E-state index in [-0.39, 0.29) is 42.7 Å². The van der Waals surface area contributed by atoms with Crippen molar-refractivity contribution in [3.05, 3.63) is 281 Å². The van der Waals surface area contributed by atoms with Gasteiger partial charge in [-0.05, 0) is 137 Å². The number of pyridine rings is 1. The first-order valence-corrected chi connectivity index (χ1v) is 31.6. The van der Waals surface area contributed by atoms with Crippen LogP contribution in [0.3, 0.4) is 0 Å². The summed E-state index contributed by atoms with van der Waals surface area (Å²) in [6.45, 7) is 39.2. The van der Waals surface area contributed by atoms with Crippen molar-refractivity contribution in [3.63, 3.8) is 0 Å². The van der Waals surface area contributed by atoms with Gasteiger partial charge in [-0.25, -0.2) is 4.98 Å². The van der Waals surface area contributed by atoms with E-state index in [1.54, 1.807) is 0 Å². The molecule has 11 aromatic rings. The van der Waals surface area contributed by atoms with E-state index in [1.165, 1.54) is 61.2 Å². The number of hydrogen-bond donors (Lipinski definition) is 0. The van der Waals surface area contributed by atoms with Crippen molar-refractivity contribution in [2.45, 2.75) is 150 Å². The van der Waals surface area contributed by atoms with Crippen LogP contribution >= 0.6 is 0 Å². The number of aromatic nitrogens is 2. The molecule has 0 saturated carbocycles. The molecule has 0 bridgehead atoms. The van der Waals surface area contributed by atoms with Crippen LogP contribution in [0.25, 0.3) is 38.8 Å². The van der Waals surface area contributed by atoms with Gasteiger partial charge in [0, 0.05) is 72.2 Å². The van der Waals surface area contributed by atoms with E-state index >= 15 is 0 Å². The summed E-state index contributed by atoms with van der Waals surface area (Å²) in [4.78, 5) is 9.81. The van der Waals surface area contributed by atoms with Gasteiger partial charge >= 0.3 is 0 Å². The molecular formula is C83H85N4OPt-3. The molecule has 1 aliphatic rings. The van der Waals surface area contributed by atoms with Crippen molar-refractivity contribution in [2.24, 2.45) is 0 Å². The maximum absolute atomic E-state index is 7.27. The van der Waals surface area contributed by atoms with Crippen molar-refractivity contribution in [1.29, 1.82) is 0 Å². The molecule has 456 valence electrons. The minimum atomic E-state index is -0.445. The van der Waals surface area contributed by atoms with Crippen molar-refractivity contribution in [1.82, 2.24) is 9.55 Å². The molecule has 0 atom stereocenters. The molecule has 9 aromatic carbocycles. The molecule has 0 N–H and O–H groups in total. The molecule has 0 radical (unpaired) electrons. The molecule has 12 rings (SSSR count). The Labute approximate surface area is 545 Å². The third kappa shape index (κ3) is 11.8. The molecule has 5 nitrogen and oxygen atoms in total. The van der Waals surface area contributed by atoms with Gasteiger partial charge in [-0.1, -0.05) is 250 Å². The molecule has 0 fully saturated rings. The minimum absolute atomic E-state index is 0. The maximum atomic E-state index is 7.27. The predicted molar refractivity (Wildman–Crippen MR) is 371 cm³/mol. The zero-order valence-corrected chi connectivity index (χ0v) is 57.1. The molecule has 0 spiro atoms. The molecule has 1 aliphatic heterocycles. The van der Waals surface area contributed by atoms with Gasteiger partial charge < -0.3 is 19.1 Å². The Morgan fingerprint density at radius 2 is 0.966 bits per heavy atom. The smallest absolute Gasteiger partial charge is 0.135 e. The molecule has 0 saturated heterocycles. The normalized spacial score (nSPS) is 13.2. The van der Waals surface area contributed by atoms with E-state index in [2.05, 4.69) is 344 Å². The van der Waals surface area contributed by atoms with Gasteiger partial charge in [-0.3, -0.25) is 0 Å². The van der Waals surface area contributed by atoms with E-state index in [0.717, 1.165) is 55.9 Å². The van der Waals surface area contributed by atoms with Crippen LogP contribution in [0.2, 0.25) is 0 Å². The zero-order valence-electron chi connectivity index (χ0n) is 54.9. The van der Waals surface area contributed by atoms with Crippen LogP contribution in [-0.4, -0.2) is 9.55 Å². The van der Waals surface area contributed by atoms with Crippen molar-refractivity contribution in [3.8, 4) is 28.4 Å². The van der Waals surface area contributed by atoms with Gasteiger partial charge in [0.15, 0.2) is 0 Å². The summed E-state index contributed by atoms with van der Waals surface area (Å²) in [5.74, 6) is 2.66. The van der Waals surface area contributed by atoms with E-state index < -0.39 is 5.41 Å². The summed E-state index contributed by atoms with van der Waals surface area (Å²) in [6.07, 6.45) is 1.94. The van der Waals surface area contributed by atoms with Crippen LogP contribution in [0.5, 0.6) is 11.5 Å². The second-order valence-corrected chi connectivity index (χ2v) is 28.7. The molecule has 0 amide bonds. The number of anilines is 4. The van der Waals surface area contributed by atoms with E-state index in [1.807, 2.05) is 6.20 Å². The maximum Gasteiger partial charge on any atom is 0.135 e. The van der Waals surface area contributed by atoms with Crippen LogP contribution in [-0.2, 0) is 48.1 Å². The third-order valence-electron chi connectivity index (χ3n) is 18.9. The Morgan fingerprint density at radius 3 is 1.51 bits per heavy atom. The Morgan fingerprint density at radius 1 is 0.427 bits per heavy atom. The number of hydrogen-bond acceptors (Lipinski definition) is 4. The predicted octanol–water partition coefficient (Wildman–Crippen LogP) is 22.5. The topological polar surface area (TPSA) is 33.5 Å². The standard InChI is InChI=1S/C83H85N4O.Pt/c1-54(2)69-33-26-34-70(55(3)4)78(69)56-35-39-74-76(43-56)86(53-85(74)65-45-62(81(11,12)57-27-20-17-21-28-57)44-63(46-65)82(13,14)58-29-22-18-23-30-58)66-47-64(83(15,16)59-31-24-19-25-32-59)48-68(51-66)88-67-37-38-71-72-49-60(79(5,6)7)36-40-73(72)87(75(71)52-67)77-50-61(41-42-84-77)80(8,9)10;/h17-50,53-55H,1-16H3;/q-3;. The van der Waals surface area contributed by atoms with Gasteiger partial charge in [0.2, 0.25) is 0 Å². The van der Waals surface area contributed by atoms with Crippen molar-refractivity contribution in [2.75, 3.05) is 9.80 Å². The minimum Gasteiger partial charge on any atom is -0.509 e. The molecule has 3 heterocycles. The SMILES string of the molecule is CC(C)c1cccc(C(C)C)c1-c1ccc2c(c1)N(c1[c-]c(Oc3[c-]c4c(cc3)c3cc(C(C)(C)C)ccc3n4-c3cc(C(C)(C)C)ccn3)cc(C(C)(C)c3ccccc3)c1)[CH-]N2c1cc(C(C)(C)c2ccccc2)cc(C(C)(C)c2ccccc2)c1.[Pt]. The van der Waals surface area contributed by atoms with Gasteiger partial charge in [0.25, 0.3) is 0 Å². The summed E-state index contributed by atoms with van der Waals surface area (Å²) in [6, 6.07) is 81.7. The molecule has 2 aromatic heterocycles. The molecule has 6 heteroatoms. The first-order chi connectivity index (χ1) is 41.8. The van der Waals surface area contributed by atoms with Crippen LogP contribution in [0.4, 0.5) is 22.7 Å².